The Morgan fingerprint density at radius 3 is 2.79 bits per heavy atom. The molecule has 2 saturated carbocycles. The van der Waals surface area contributed by atoms with Gasteiger partial charge in [-0.1, -0.05) is 20.3 Å². The van der Waals surface area contributed by atoms with E-state index in [2.05, 4.69) is 19.9 Å². The predicted molar refractivity (Wildman–Crippen MR) is 94.4 cm³/mol. The van der Waals surface area contributed by atoms with Crippen molar-refractivity contribution < 1.29 is 14.9 Å². The van der Waals surface area contributed by atoms with Crippen molar-refractivity contribution in [2.45, 2.75) is 64.4 Å². The van der Waals surface area contributed by atoms with Crippen molar-refractivity contribution >= 4 is 0 Å². The van der Waals surface area contributed by atoms with Gasteiger partial charge in [-0.3, -0.25) is 0 Å². The van der Waals surface area contributed by atoms with Crippen LogP contribution in [-0.2, 0) is 6.42 Å². The summed E-state index contributed by atoms with van der Waals surface area (Å²) in [6.45, 7) is 4.55. The Balaban J connectivity index is 1.70. The topological polar surface area (TPSA) is 49.7 Å². The van der Waals surface area contributed by atoms with Gasteiger partial charge < -0.3 is 14.9 Å². The Labute approximate surface area is 145 Å². The first kappa shape index (κ1) is 16.3. The maximum absolute atomic E-state index is 10.9. The molecule has 3 heteroatoms. The van der Waals surface area contributed by atoms with E-state index in [9.17, 15) is 10.2 Å². The van der Waals surface area contributed by atoms with E-state index < -0.39 is 0 Å². The molecule has 132 valence electrons. The van der Waals surface area contributed by atoms with Crippen molar-refractivity contribution in [2.24, 2.45) is 23.2 Å². The molecule has 2 N–H and O–H groups in total. The minimum Gasteiger partial charge on any atom is -0.504 e. The van der Waals surface area contributed by atoms with Gasteiger partial charge in [0.1, 0.15) is 0 Å². The molecule has 0 spiro atoms. The van der Waals surface area contributed by atoms with Crippen LogP contribution in [0.5, 0.6) is 11.5 Å². The van der Waals surface area contributed by atoms with E-state index in [1.54, 1.807) is 7.11 Å². The van der Waals surface area contributed by atoms with Crippen molar-refractivity contribution in [3.8, 4) is 11.5 Å². The number of aliphatic hydroxyl groups is 1. The second kappa shape index (κ2) is 5.66. The smallest absolute Gasteiger partial charge is 0.160 e. The Kier molecular flexibility index (Phi) is 3.83. The third kappa shape index (κ3) is 2.13. The highest BCUT2D eigenvalue weighted by atomic mass is 16.5. The van der Waals surface area contributed by atoms with Crippen LogP contribution in [-0.4, -0.2) is 23.4 Å². The summed E-state index contributed by atoms with van der Waals surface area (Å²) in [6.07, 6.45) is 6.61. The molecule has 1 aromatic rings. The lowest BCUT2D eigenvalue weighted by Crippen LogP contribution is -2.44. The fraction of sp³-hybridized carbons (Fsp3) is 0.714. The molecule has 24 heavy (non-hydrogen) atoms. The van der Waals surface area contributed by atoms with E-state index >= 15 is 0 Å². The van der Waals surface area contributed by atoms with Crippen molar-refractivity contribution in [2.75, 3.05) is 7.11 Å². The molecule has 3 nitrogen and oxygen atoms in total. The summed E-state index contributed by atoms with van der Waals surface area (Å²) in [5.74, 6) is 3.18. The van der Waals surface area contributed by atoms with E-state index in [1.165, 1.54) is 24.0 Å². The Morgan fingerprint density at radius 1 is 1.29 bits per heavy atom. The normalized spacial score (nSPS) is 40.6. The molecular formula is C21H30O3. The quantitative estimate of drug-likeness (QED) is 0.852. The van der Waals surface area contributed by atoms with Gasteiger partial charge in [-0.2, -0.15) is 0 Å². The van der Waals surface area contributed by atoms with Crippen LogP contribution in [0.1, 0.15) is 63.0 Å². The Morgan fingerprint density at radius 2 is 2.08 bits per heavy atom. The number of aryl methyl sites for hydroxylation is 1. The standard InChI is InChI=1S/C21H30O3/c1-4-12-9-17-15-6-5-13-10-18(22)19(24-3)11-16(13)14(15)7-8-21(17,2)20(12)23/h10-12,14-15,17,20,22-23H,4-9H2,1-3H3/t12?,14-,15+,17-,20?,21-/m0/s1. The van der Waals surface area contributed by atoms with Crippen LogP contribution in [0, 0.1) is 23.2 Å². The first-order chi connectivity index (χ1) is 11.5. The molecule has 0 saturated heterocycles. The van der Waals surface area contributed by atoms with Crippen LogP contribution in [0.4, 0.5) is 0 Å². The number of aromatic hydroxyl groups is 1. The van der Waals surface area contributed by atoms with E-state index in [-0.39, 0.29) is 17.3 Å². The van der Waals surface area contributed by atoms with E-state index in [0.29, 0.717) is 29.4 Å². The highest BCUT2D eigenvalue weighted by Crippen LogP contribution is 2.62. The van der Waals surface area contributed by atoms with E-state index in [1.807, 2.05) is 6.07 Å². The first-order valence-electron chi connectivity index (χ1n) is 9.57. The number of fused-ring (bicyclic) bond motifs is 5. The van der Waals surface area contributed by atoms with E-state index in [4.69, 9.17) is 4.74 Å². The van der Waals surface area contributed by atoms with Crippen molar-refractivity contribution in [1.82, 2.24) is 0 Å². The zero-order valence-corrected chi connectivity index (χ0v) is 15.1. The molecule has 0 bridgehead atoms. The number of hydrogen-bond acceptors (Lipinski definition) is 3. The molecule has 0 aromatic heterocycles. The predicted octanol–water partition coefficient (Wildman–Crippen LogP) is 4.25. The molecule has 6 atom stereocenters. The Bertz CT molecular complexity index is 640. The number of methoxy groups -OCH3 is 1. The van der Waals surface area contributed by atoms with Gasteiger partial charge in [0.2, 0.25) is 0 Å². The summed E-state index contributed by atoms with van der Waals surface area (Å²) in [4.78, 5) is 0. The van der Waals surface area contributed by atoms with Gasteiger partial charge in [0.15, 0.2) is 11.5 Å². The average molecular weight is 330 g/mol. The van der Waals surface area contributed by atoms with Gasteiger partial charge in [-0.25, -0.2) is 0 Å². The number of phenolic OH excluding ortho intramolecular Hbond substituents is 1. The SMILES string of the molecule is CCC1C[C@H]2[C@@H]3CCc4cc(O)c(OC)cc4[C@H]3CC[C@]2(C)C1O. The molecule has 0 aliphatic heterocycles. The summed E-state index contributed by atoms with van der Waals surface area (Å²) < 4.78 is 5.36. The van der Waals surface area contributed by atoms with Crippen LogP contribution in [0.2, 0.25) is 0 Å². The van der Waals surface area contributed by atoms with Crippen LogP contribution in [0.25, 0.3) is 0 Å². The maximum Gasteiger partial charge on any atom is 0.160 e. The van der Waals surface area contributed by atoms with Crippen molar-refractivity contribution in [3.63, 3.8) is 0 Å². The molecule has 3 aliphatic carbocycles. The van der Waals surface area contributed by atoms with Gasteiger partial charge >= 0.3 is 0 Å². The molecule has 0 amide bonds. The fourth-order valence-corrected chi connectivity index (χ4v) is 6.29. The van der Waals surface area contributed by atoms with Crippen molar-refractivity contribution in [3.05, 3.63) is 23.3 Å². The molecule has 1 aromatic carbocycles. The number of rotatable bonds is 2. The fourth-order valence-electron chi connectivity index (χ4n) is 6.29. The number of hydrogen-bond donors (Lipinski definition) is 2. The number of aliphatic hydroxyl groups excluding tert-OH is 1. The van der Waals surface area contributed by atoms with Crippen molar-refractivity contribution in [1.29, 1.82) is 0 Å². The van der Waals surface area contributed by atoms with E-state index in [0.717, 1.165) is 25.7 Å². The highest BCUT2D eigenvalue weighted by molar-refractivity contribution is 5.49. The summed E-state index contributed by atoms with van der Waals surface area (Å²) in [7, 11) is 1.62. The lowest BCUT2D eigenvalue weighted by atomic mass is 9.55. The molecule has 4 rings (SSSR count). The lowest BCUT2D eigenvalue weighted by molar-refractivity contribution is -0.0329. The van der Waals surface area contributed by atoms with Crippen LogP contribution < -0.4 is 4.74 Å². The maximum atomic E-state index is 10.9. The third-order valence-corrected chi connectivity index (χ3v) is 7.67. The lowest BCUT2D eigenvalue weighted by Gasteiger charge is -2.50. The molecule has 2 fully saturated rings. The second-order valence-corrected chi connectivity index (χ2v) is 8.53. The van der Waals surface area contributed by atoms with Crippen LogP contribution in [0.15, 0.2) is 12.1 Å². The van der Waals surface area contributed by atoms with Gasteiger partial charge in [-0.05, 0) is 84.5 Å². The summed E-state index contributed by atoms with van der Waals surface area (Å²) >= 11 is 0. The minimum atomic E-state index is -0.135. The number of benzene rings is 1. The van der Waals surface area contributed by atoms with Crippen LogP contribution >= 0.6 is 0 Å². The molecule has 3 aliphatic rings. The average Bonchev–Trinajstić information content (AvgIpc) is 2.85. The number of ether oxygens (including phenoxy) is 1. The highest BCUT2D eigenvalue weighted by Gasteiger charge is 2.57. The zero-order valence-electron chi connectivity index (χ0n) is 15.1. The first-order valence-corrected chi connectivity index (χ1v) is 9.57. The van der Waals surface area contributed by atoms with Gasteiger partial charge in [-0.15, -0.1) is 0 Å². The summed E-state index contributed by atoms with van der Waals surface area (Å²) in [5.41, 5.74) is 2.78. The molecule has 0 radical (unpaired) electrons. The van der Waals surface area contributed by atoms with Gasteiger partial charge in [0, 0.05) is 0 Å². The van der Waals surface area contributed by atoms with Gasteiger partial charge in [0.25, 0.3) is 0 Å². The molecule has 2 unspecified atom stereocenters. The van der Waals surface area contributed by atoms with Gasteiger partial charge in [0.05, 0.1) is 13.2 Å². The monoisotopic (exact) mass is 330 g/mol. The zero-order chi connectivity index (χ0) is 17.1. The minimum absolute atomic E-state index is 0.0976. The second-order valence-electron chi connectivity index (χ2n) is 8.53. The molecule has 0 heterocycles. The largest absolute Gasteiger partial charge is 0.504 e. The Hall–Kier alpha value is -1.22. The third-order valence-electron chi connectivity index (χ3n) is 7.67. The number of phenols is 1. The summed E-state index contributed by atoms with van der Waals surface area (Å²) in [5, 5.41) is 21.0. The summed E-state index contributed by atoms with van der Waals surface area (Å²) in [6, 6.07) is 3.99. The molecular weight excluding hydrogens is 300 g/mol. The van der Waals surface area contributed by atoms with Crippen LogP contribution in [0.3, 0.4) is 0 Å².